The number of nitrogens with zero attached hydrogens (tertiary/aromatic N) is 2. The van der Waals surface area contributed by atoms with E-state index in [2.05, 4.69) is 16.7 Å². The number of benzene rings is 1. The number of furan rings is 1. The maximum atomic E-state index is 12.7. The summed E-state index contributed by atoms with van der Waals surface area (Å²) in [5, 5.41) is 16.0. The van der Waals surface area contributed by atoms with Crippen LogP contribution >= 0.6 is 11.6 Å². The van der Waals surface area contributed by atoms with Crippen molar-refractivity contribution in [1.82, 2.24) is 10.2 Å². The number of amides is 3. The van der Waals surface area contributed by atoms with Crippen LogP contribution in [0.3, 0.4) is 0 Å². The van der Waals surface area contributed by atoms with Crippen molar-refractivity contribution >= 4 is 40.2 Å². The lowest BCUT2D eigenvalue weighted by molar-refractivity contribution is 0.0546. The largest absolute Gasteiger partial charge is 0.450 e. The molecule has 3 heterocycles. The summed E-state index contributed by atoms with van der Waals surface area (Å²) in [5.74, 6) is -0.0998. The summed E-state index contributed by atoms with van der Waals surface area (Å²) in [6, 6.07) is 5.34. The predicted molar refractivity (Wildman–Crippen MR) is 103 cm³/mol. The van der Waals surface area contributed by atoms with Gasteiger partial charge in [0.15, 0.2) is 5.76 Å². The zero-order chi connectivity index (χ0) is 19.5. The number of nitriles is 1. The molecular weight excluding hydrogens is 380 g/mol. The van der Waals surface area contributed by atoms with Gasteiger partial charge < -0.3 is 20.0 Å². The van der Waals surface area contributed by atoms with Gasteiger partial charge in [-0.3, -0.25) is 4.79 Å². The fourth-order valence-corrected chi connectivity index (χ4v) is 4.93. The molecule has 8 heteroatoms. The number of carbonyl (C=O) groups excluding carboxylic acids is 2. The number of rotatable bonds is 1. The Morgan fingerprint density at radius 1 is 1.29 bits per heavy atom. The minimum atomic E-state index is -0.528. The average Bonchev–Trinajstić information content (AvgIpc) is 3.05. The molecule has 2 aromatic rings. The lowest BCUT2D eigenvalue weighted by Gasteiger charge is -2.42. The first kappa shape index (κ1) is 17.4. The molecular formula is C20H19ClN4O3. The second-order valence-corrected chi connectivity index (χ2v) is 8.30. The van der Waals surface area contributed by atoms with E-state index < -0.39 is 5.54 Å². The van der Waals surface area contributed by atoms with E-state index in [-0.39, 0.29) is 23.6 Å². The topological polar surface area (TPSA) is 98.4 Å². The first-order chi connectivity index (χ1) is 13.5. The van der Waals surface area contributed by atoms with E-state index in [1.54, 1.807) is 17.0 Å². The Balaban J connectivity index is 1.63. The van der Waals surface area contributed by atoms with Crippen molar-refractivity contribution in [3.63, 3.8) is 0 Å². The summed E-state index contributed by atoms with van der Waals surface area (Å²) in [6.07, 6.45) is 4.75. The van der Waals surface area contributed by atoms with Gasteiger partial charge in [0.2, 0.25) is 0 Å². The lowest BCUT2D eigenvalue weighted by Crippen LogP contribution is -2.52. The molecule has 1 aromatic heterocycles. The second-order valence-electron chi connectivity index (χ2n) is 7.90. The van der Waals surface area contributed by atoms with Gasteiger partial charge >= 0.3 is 6.03 Å². The summed E-state index contributed by atoms with van der Waals surface area (Å²) < 4.78 is 6.05. The number of hydrogen-bond donors (Lipinski definition) is 2. The van der Waals surface area contributed by atoms with Gasteiger partial charge in [0.25, 0.3) is 5.91 Å². The van der Waals surface area contributed by atoms with Crippen LogP contribution in [0.5, 0.6) is 0 Å². The van der Waals surface area contributed by atoms with E-state index >= 15 is 0 Å². The van der Waals surface area contributed by atoms with E-state index in [1.807, 2.05) is 0 Å². The highest BCUT2D eigenvalue weighted by Gasteiger charge is 2.44. The number of urea groups is 1. The molecule has 3 aliphatic rings. The third kappa shape index (κ3) is 2.48. The molecule has 28 heavy (non-hydrogen) atoms. The minimum Gasteiger partial charge on any atom is -0.450 e. The van der Waals surface area contributed by atoms with Crippen molar-refractivity contribution < 1.29 is 14.0 Å². The maximum Gasteiger partial charge on any atom is 0.319 e. The fourth-order valence-electron chi connectivity index (χ4n) is 4.67. The van der Waals surface area contributed by atoms with Crippen molar-refractivity contribution in [2.24, 2.45) is 5.92 Å². The third-order valence-corrected chi connectivity index (χ3v) is 6.40. The van der Waals surface area contributed by atoms with Gasteiger partial charge in [-0.25, -0.2) is 4.79 Å². The van der Waals surface area contributed by atoms with Crippen LogP contribution in [0.2, 0.25) is 5.02 Å². The highest BCUT2D eigenvalue weighted by molar-refractivity contribution is 6.35. The van der Waals surface area contributed by atoms with Crippen molar-refractivity contribution in [3.05, 3.63) is 28.5 Å². The number of nitrogens with one attached hydrogen (secondary N) is 2. The molecule has 0 radical (unpaired) electrons. The summed E-state index contributed by atoms with van der Waals surface area (Å²) in [5.41, 5.74) is 1.47. The molecule has 1 saturated heterocycles. The van der Waals surface area contributed by atoms with Gasteiger partial charge in [-0.15, -0.1) is 0 Å². The Hall–Kier alpha value is -2.72. The molecule has 0 atom stereocenters. The molecule has 2 aliphatic heterocycles. The first-order valence-electron chi connectivity index (χ1n) is 9.55. The molecule has 0 unspecified atom stereocenters. The molecule has 1 aromatic carbocycles. The molecule has 3 amide bonds. The highest BCUT2D eigenvalue weighted by Crippen LogP contribution is 2.49. The number of halogens is 1. The number of anilines is 1. The standard InChI is InChI=1S/C20H19ClN4O3/c21-13-6-12-7-14(18(26)25-9-11(8-22)10-25)28-17(12)15-16(13)23-19(27)24-20(15)4-2-1-3-5-20/h6-7,11H,1-5,9-10H2,(H2,23,24,27). The highest BCUT2D eigenvalue weighted by atomic mass is 35.5. The molecule has 0 bridgehead atoms. The Bertz CT molecular complexity index is 1040. The summed E-state index contributed by atoms with van der Waals surface area (Å²) in [7, 11) is 0. The first-order valence-corrected chi connectivity index (χ1v) is 9.93. The third-order valence-electron chi connectivity index (χ3n) is 6.10. The summed E-state index contributed by atoms with van der Waals surface area (Å²) in [6.45, 7) is 0.847. The average molecular weight is 399 g/mol. The van der Waals surface area contributed by atoms with Crippen molar-refractivity contribution in [3.8, 4) is 6.07 Å². The van der Waals surface area contributed by atoms with Crippen LogP contribution < -0.4 is 10.6 Å². The van der Waals surface area contributed by atoms with E-state index in [4.69, 9.17) is 21.3 Å². The molecule has 2 N–H and O–H groups in total. The molecule has 5 rings (SSSR count). The van der Waals surface area contributed by atoms with Gasteiger partial charge in [0, 0.05) is 24.0 Å². The van der Waals surface area contributed by atoms with Crippen LogP contribution in [0, 0.1) is 17.2 Å². The van der Waals surface area contributed by atoms with Gasteiger partial charge in [-0.05, 0) is 25.0 Å². The number of hydrogen-bond acceptors (Lipinski definition) is 4. The van der Waals surface area contributed by atoms with Crippen molar-refractivity contribution in [1.29, 1.82) is 5.26 Å². The van der Waals surface area contributed by atoms with Gasteiger partial charge in [0.1, 0.15) is 5.58 Å². The summed E-state index contributed by atoms with van der Waals surface area (Å²) in [4.78, 5) is 26.6. The zero-order valence-electron chi connectivity index (χ0n) is 15.2. The summed E-state index contributed by atoms with van der Waals surface area (Å²) >= 11 is 6.50. The van der Waals surface area contributed by atoms with Crippen LogP contribution in [0.1, 0.15) is 48.2 Å². The number of fused-ring (bicyclic) bond motifs is 4. The normalized spacial score (nSPS) is 20.9. The molecule has 1 saturated carbocycles. The van der Waals surface area contributed by atoms with E-state index in [0.29, 0.717) is 29.4 Å². The monoisotopic (exact) mass is 398 g/mol. The maximum absolute atomic E-state index is 12.7. The Morgan fingerprint density at radius 3 is 2.75 bits per heavy atom. The fraction of sp³-hybridized carbons (Fsp3) is 0.450. The van der Waals surface area contributed by atoms with E-state index in [9.17, 15) is 9.59 Å². The molecule has 2 fully saturated rings. The van der Waals surface area contributed by atoms with Crippen molar-refractivity contribution in [2.75, 3.05) is 18.4 Å². The van der Waals surface area contributed by atoms with Gasteiger partial charge in [-0.1, -0.05) is 30.9 Å². The number of carbonyl (C=O) groups is 2. The lowest BCUT2D eigenvalue weighted by atomic mass is 9.74. The smallest absolute Gasteiger partial charge is 0.319 e. The Labute approximate surface area is 166 Å². The quantitative estimate of drug-likeness (QED) is 0.759. The van der Waals surface area contributed by atoms with Gasteiger partial charge in [-0.2, -0.15) is 5.26 Å². The van der Waals surface area contributed by atoms with Crippen LogP contribution in [0.4, 0.5) is 10.5 Å². The van der Waals surface area contributed by atoms with Crippen LogP contribution in [0.25, 0.3) is 11.0 Å². The minimum absolute atomic E-state index is 0.111. The second kappa shape index (κ2) is 6.14. The van der Waals surface area contributed by atoms with Crippen molar-refractivity contribution in [2.45, 2.75) is 37.6 Å². The number of likely N-dealkylation sites (tertiary alicyclic amines) is 1. The molecule has 1 spiro atoms. The van der Waals surface area contributed by atoms with Crippen LogP contribution in [-0.2, 0) is 5.54 Å². The van der Waals surface area contributed by atoms with Gasteiger partial charge in [0.05, 0.1) is 28.2 Å². The molecule has 144 valence electrons. The molecule has 1 aliphatic carbocycles. The van der Waals surface area contributed by atoms with E-state index in [1.165, 1.54) is 0 Å². The SMILES string of the molecule is N#CC1CN(C(=O)c2cc3cc(Cl)c4c(c3o2)C2(CCCCC2)NC(=O)N4)C1. The molecule has 7 nitrogen and oxygen atoms in total. The van der Waals surface area contributed by atoms with E-state index in [0.717, 1.165) is 43.1 Å². The Kier molecular flexibility index (Phi) is 3.81. The van der Waals surface area contributed by atoms with Crippen LogP contribution in [0.15, 0.2) is 16.5 Å². The Morgan fingerprint density at radius 2 is 2.04 bits per heavy atom. The predicted octanol–water partition coefficient (Wildman–Crippen LogP) is 3.98. The zero-order valence-corrected chi connectivity index (χ0v) is 15.9. The van der Waals surface area contributed by atoms with Crippen LogP contribution in [-0.4, -0.2) is 29.9 Å².